The van der Waals surface area contributed by atoms with Gasteiger partial charge in [0.05, 0.1) is 23.2 Å². The van der Waals surface area contributed by atoms with Crippen LogP contribution in [0, 0.1) is 23.2 Å². The molecule has 2 N–H and O–H groups in total. The zero-order valence-electron chi connectivity index (χ0n) is 28.7. The highest BCUT2D eigenvalue weighted by atomic mass is 32.2. The van der Waals surface area contributed by atoms with E-state index in [4.69, 9.17) is 0 Å². The van der Waals surface area contributed by atoms with E-state index in [0.29, 0.717) is 47.8 Å². The molecule has 278 valence electrons. The minimum absolute atomic E-state index is 0.0313. The number of rotatable bonds is 8. The summed E-state index contributed by atoms with van der Waals surface area (Å²) in [7, 11) is -3.89. The van der Waals surface area contributed by atoms with Crippen LogP contribution in [0.25, 0.3) is 16.8 Å². The first kappa shape index (κ1) is 35.1. The van der Waals surface area contributed by atoms with Crippen molar-refractivity contribution in [2.24, 2.45) is 23.2 Å². The normalized spacial score (nSPS) is 24.0. The summed E-state index contributed by atoms with van der Waals surface area (Å²) in [5, 5.41) is 22.2. The van der Waals surface area contributed by atoms with Gasteiger partial charge in [-0.1, -0.05) is 12.1 Å². The van der Waals surface area contributed by atoms with E-state index < -0.39 is 33.6 Å². The van der Waals surface area contributed by atoms with E-state index in [0.717, 1.165) is 31.4 Å². The quantitative estimate of drug-likeness (QED) is 0.245. The number of piperazine rings is 1. The second-order valence-corrected chi connectivity index (χ2v) is 16.9. The lowest BCUT2D eigenvalue weighted by molar-refractivity contribution is -0.137. The van der Waals surface area contributed by atoms with Crippen molar-refractivity contribution in [3.63, 3.8) is 0 Å². The van der Waals surface area contributed by atoms with Gasteiger partial charge >= 0.3 is 6.18 Å². The van der Waals surface area contributed by atoms with Crippen LogP contribution in [0.1, 0.15) is 64.9 Å². The molecule has 12 nitrogen and oxygen atoms in total. The molecule has 5 aliphatic rings. The highest BCUT2D eigenvalue weighted by Gasteiger charge is 2.52. The first-order valence-electron chi connectivity index (χ1n) is 17.7. The van der Waals surface area contributed by atoms with Gasteiger partial charge in [0.1, 0.15) is 5.75 Å². The van der Waals surface area contributed by atoms with Crippen molar-refractivity contribution in [3.8, 4) is 22.6 Å². The summed E-state index contributed by atoms with van der Waals surface area (Å²) in [6.07, 6.45) is 4.53. The van der Waals surface area contributed by atoms with Crippen LogP contribution in [0.3, 0.4) is 0 Å². The molecule has 1 saturated heterocycles. The minimum Gasteiger partial charge on any atom is -0.508 e. The van der Waals surface area contributed by atoms with Gasteiger partial charge in [0, 0.05) is 43.5 Å². The molecule has 0 unspecified atom stereocenters. The van der Waals surface area contributed by atoms with E-state index in [2.05, 4.69) is 20.0 Å². The van der Waals surface area contributed by atoms with Crippen LogP contribution in [-0.2, 0) is 16.2 Å². The van der Waals surface area contributed by atoms with Gasteiger partial charge in [-0.25, -0.2) is 17.8 Å². The fourth-order valence-corrected chi connectivity index (χ4v) is 11.0. The summed E-state index contributed by atoms with van der Waals surface area (Å²) >= 11 is 0. The third kappa shape index (κ3) is 7.33. The number of aromatic hydroxyl groups is 1. The maximum Gasteiger partial charge on any atom is 0.416 e. The SMILES string of the molecule is O=C(NS(=O)(=O)CC12CC3CC(CC(C3)C1)C2)c1ccc(N2CCN(C(=O)c3cc(-n4cc(-c5cccc(O)c5)cn4)cc(C(F)(F)F)c3)CC2)nn1. The van der Waals surface area contributed by atoms with Gasteiger partial charge in [-0.2, -0.15) is 18.3 Å². The molecule has 2 aromatic carbocycles. The average Bonchev–Trinajstić information content (AvgIpc) is 3.60. The summed E-state index contributed by atoms with van der Waals surface area (Å²) < 4.78 is 71.7. The summed E-state index contributed by atoms with van der Waals surface area (Å²) in [5.41, 5.74) is -0.303. The van der Waals surface area contributed by atoms with Crippen LogP contribution < -0.4 is 9.62 Å². The Bertz CT molecular complexity index is 2130. The van der Waals surface area contributed by atoms with Gasteiger partial charge in [0.25, 0.3) is 11.8 Å². The Morgan fingerprint density at radius 2 is 1.58 bits per heavy atom. The molecular formula is C37H38F3N7O5S. The van der Waals surface area contributed by atoms with Crippen molar-refractivity contribution < 1.29 is 36.3 Å². The molecule has 9 rings (SSSR count). The molecule has 16 heteroatoms. The smallest absolute Gasteiger partial charge is 0.416 e. The topological polar surface area (TPSA) is 151 Å². The van der Waals surface area contributed by atoms with E-state index in [9.17, 15) is 36.3 Å². The number of benzene rings is 2. The number of carbonyl (C=O) groups excluding carboxylic acids is 2. The molecule has 0 radical (unpaired) electrons. The molecule has 4 aliphatic carbocycles. The van der Waals surface area contributed by atoms with Crippen LogP contribution in [-0.4, -0.2) is 82.1 Å². The molecule has 4 aromatic rings. The Hall–Kier alpha value is -4.99. The zero-order valence-corrected chi connectivity index (χ0v) is 29.5. The number of hydrogen-bond donors (Lipinski definition) is 2. The number of alkyl halides is 3. The Balaban J connectivity index is 0.904. The van der Waals surface area contributed by atoms with Crippen molar-refractivity contribution in [2.75, 3.05) is 36.8 Å². The first-order chi connectivity index (χ1) is 25.2. The molecule has 5 fully saturated rings. The maximum absolute atomic E-state index is 14.0. The van der Waals surface area contributed by atoms with Crippen LogP contribution in [0.2, 0.25) is 0 Å². The highest BCUT2D eigenvalue weighted by Crippen LogP contribution is 2.60. The number of phenols is 1. The maximum atomic E-state index is 14.0. The number of hydrogen-bond acceptors (Lipinski definition) is 9. The van der Waals surface area contributed by atoms with Crippen molar-refractivity contribution in [1.29, 1.82) is 0 Å². The number of halogens is 3. The predicted octanol–water partition coefficient (Wildman–Crippen LogP) is 5.29. The van der Waals surface area contributed by atoms with E-state index in [1.165, 1.54) is 65.5 Å². The lowest BCUT2D eigenvalue weighted by Gasteiger charge is -2.56. The number of sulfonamides is 1. The monoisotopic (exact) mass is 749 g/mol. The lowest BCUT2D eigenvalue weighted by Crippen LogP contribution is -2.51. The second-order valence-electron chi connectivity index (χ2n) is 15.2. The summed E-state index contributed by atoms with van der Waals surface area (Å²) in [5.74, 6) is 0.713. The van der Waals surface area contributed by atoms with Gasteiger partial charge in [0.2, 0.25) is 10.0 Å². The summed E-state index contributed by atoms with van der Waals surface area (Å²) in [6.45, 7) is 0.952. The minimum atomic E-state index is -4.72. The molecule has 2 aromatic heterocycles. The fraction of sp³-hybridized carbons (Fsp3) is 0.432. The number of nitrogens with zero attached hydrogens (tertiary/aromatic N) is 6. The molecule has 1 aliphatic heterocycles. The van der Waals surface area contributed by atoms with Crippen molar-refractivity contribution in [2.45, 2.75) is 44.7 Å². The number of amides is 2. The van der Waals surface area contributed by atoms with E-state index in [-0.39, 0.29) is 47.0 Å². The molecule has 3 heterocycles. The van der Waals surface area contributed by atoms with Crippen LogP contribution in [0.5, 0.6) is 5.75 Å². The van der Waals surface area contributed by atoms with Gasteiger partial charge < -0.3 is 14.9 Å². The van der Waals surface area contributed by atoms with Crippen LogP contribution >= 0.6 is 0 Å². The molecule has 0 spiro atoms. The van der Waals surface area contributed by atoms with Gasteiger partial charge in [-0.05, 0) is 110 Å². The number of carbonyl (C=O) groups is 2. The second kappa shape index (κ2) is 13.1. The summed E-state index contributed by atoms with van der Waals surface area (Å²) in [4.78, 5) is 29.8. The number of phenolic OH excluding ortho intramolecular Hbond substituents is 1. The van der Waals surface area contributed by atoms with E-state index in [1.807, 2.05) is 4.90 Å². The first-order valence-corrected chi connectivity index (χ1v) is 19.4. The molecule has 2 amide bonds. The zero-order chi connectivity index (χ0) is 37.1. The number of anilines is 1. The Morgan fingerprint density at radius 1 is 0.887 bits per heavy atom. The van der Waals surface area contributed by atoms with Gasteiger partial charge in [-0.3, -0.25) is 9.59 Å². The molecule has 4 bridgehead atoms. The third-order valence-corrected chi connectivity index (χ3v) is 12.7. The Morgan fingerprint density at radius 3 is 2.21 bits per heavy atom. The Kier molecular flexibility index (Phi) is 8.70. The highest BCUT2D eigenvalue weighted by molar-refractivity contribution is 7.90. The van der Waals surface area contributed by atoms with E-state index >= 15 is 0 Å². The van der Waals surface area contributed by atoms with Crippen molar-refractivity contribution >= 4 is 27.7 Å². The van der Waals surface area contributed by atoms with Gasteiger partial charge in [0.15, 0.2) is 11.5 Å². The van der Waals surface area contributed by atoms with Crippen LogP contribution in [0.15, 0.2) is 67.0 Å². The van der Waals surface area contributed by atoms with Crippen LogP contribution in [0.4, 0.5) is 19.0 Å². The standard InChI is InChI=1S/C37H38F3N7O5S/c38-37(39,40)29-13-27(14-30(16-29)47-21-28(20-41-47)26-2-1-3-31(48)15-26)35(50)46-8-6-45(7-9-46)33-5-4-32(42-43-33)34(49)44-53(51,52)22-36-17-23-10-24(18-36)12-25(11-23)19-36/h1-5,13-16,20-21,23-25,48H,6-12,17-19,22H2,(H,44,49). The lowest BCUT2D eigenvalue weighted by atomic mass is 9.50. The van der Waals surface area contributed by atoms with Crippen molar-refractivity contribution in [3.05, 3.63) is 83.8 Å². The summed E-state index contributed by atoms with van der Waals surface area (Å²) in [6, 6.07) is 12.5. The average molecular weight is 750 g/mol. The van der Waals surface area contributed by atoms with Gasteiger partial charge in [-0.15, -0.1) is 10.2 Å². The Labute approximate surface area is 304 Å². The third-order valence-electron chi connectivity index (χ3n) is 11.2. The fourth-order valence-electron chi connectivity index (χ4n) is 9.36. The number of aromatic nitrogens is 4. The van der Waals surface area contributed by atoms with E-state index in [1.54, 1.807) is 18.2 Å². The molecule has 4 saturated carbocycles. The molecular weight excluding hydrogens is 712 g/mol. The van der Waals surface area contributed by atoms with Crippen molar-refractivity contribution in [1.82, 2.24) is 29.6 Å². The number of nitrogens with one attached hydrogen (secondary N) is 1. The predicted molar refractivity (Wildman–Crippen MR) is 188 cm³/mol. The molecule has 0 atom stereocenters. The largest absolute Gasteiger partial charge is 0.508 e. The molecule has 53 heavy (non-hydrogen) atoms.